The number of hydrogen-bond acceptors (Lipinski definition) is 3. The van der Waals surface area contributed by atoms with E-state index in [1.54, 1.807) is 0 Å². The summed E-state index contributed by atoms with van der Waals surface area (Å²) < 4.78 is 5.78. The molecule has 1 aliphatic carbocycles. The highest BCUT2D eigenvalue weighted by molar-refractivity contribution is 4.89. The molecular weight excluding hydrogens is 248 g/mol. The van der Waals surface area contributed by atoms with Crippen molar-refractivity contribution < 1.29 is 4.74 Å². The second-order valence-corrected chi connectivity index (χ2v) is 7.96. The summed E-state index contributed by atoms with van der Waals surface area (Å²) in [7, 11) is 0. The molecule has 4 unspecified atom stereocenters. The predicted molar refractivity (Wildman–Crippen MR) is 84.7 cm³/mol. The SMILES string of the molecule is CCC1CN(CC2CC(C(C)(C)C)CCC2N)CCO1. The normalized spacial score (nSPS) is 37.0. The molecule has 0 spiro atoms. The van der Waals surface area contributed by atoms with E-state index in [1.807, 2.05) is 0 Å². The van der Waals surface area contributed by atoms with Gasteiger partial charge < -0.3 is 10.5 Å². The highest BCUT2D eigenvalue weighted by Gasteiger charge is 2.35. The Morgan fingerprint density at radius 2 is 2.00 bits per heavy atom. The maximum absolute atomic E-state index is 6.41. The van der Waals surface area contributed by atoms with Gasteiger partial charge in [0.2, 0.25) is 0 Å². The summed E-state index contributed by atoms with van der Waals surface area (Å²) in [5.74, 6) is 1.50. The molecule has 1 heterocycles. The zero-order chi connectivity index (χ0) is 14.8. The monoisotopic (exact) mass is 282 g/mol. The fourth-order valence-corrected chi connectivity index (χ4v) is 3.81. The second-order valence-electron chi connectivity index (χ2n) is 7.96. The lowest BCUT2D eigenvalue weighted by Crippen LogP contribution is -2.49. The average molecular weight is 282 g/mol. The average Bonchev–Trinajstić information content (AvgIpc) is 2.40. The number of nitrogens with zero attached hydrogens (tertiary/aromatic N) is 1. The topological polar surface area (TPSA) is 38.5 Å². The fourth-order valence-electron chi connectivity index (χ4n) is 3.81. The van der Waals surface area contributed by atoms with Gasteiger partial charge >= 0.3 is 0 Å². The van der Waals surface area contributed by atoms with Gasteiger partial charge in [-0.05, 0) is 42.9 Å². The Morgan fingerprint density at radius 1 is 1.25 bits per heavy atom. The Bertz CT molecular complexity index is 300. The zero-order valence-corrected chi connectivity index (χ0v) is 13.9. The Labute approximate surface area is 125 Å². The third-order valence-electron chi connectivity index (χ3n) is 5.44. The number of hydrogen-bond donors (Lipinski definition) is 1. The number of nitrogens with two attached hydrogens (primary N) is 1. The van der Waals surface area contributed by atoms with Gasteiger partial charge in [-0.15, -0.1) is 0 Å². The van der Waals surface area contributed by atoms with E-state index in [0.717, 1.165) is 32.0 Å². The van der Waals surface area contributed by atoms with Crippen molar-refractivity contribution in [3.63, 3.8) is 0 Å². The second kappa shape index (κ2) is 6.76. The van der Waals surface area contributed by atoms with Gasteiger partial charge in [-0.25, -0.2) is 0 Å². The van der Waals surface area contributed by atoms with Crippen molar-refractivity contribution in [1.82, 2.24) is 4.90 Å². The minimum absolute atomic E-state index is 0.400. The first-order valence-corrected chi connectivity index (χ1v) is 8.49. The lowest BCUT2D eigenvalue weighted by molar-refractivity contribution is -0.0391. The van der Waals surface area contributed by atoms with Gasteiger partial charge in [0, 0.05) is 25.7 Å². The van der Waals surface area contributed by atoms with E-state index in [1.165, 1.54) is 25.8 Å². The quantitative estimate of drug-likeness (QED) is 0.865. The Morgan fingerprint density at radius 3 is 2.65 bits per heavy atom. The van der Waals surface area contributed by atoms with Crippen LogP contribution in [0.25, 0.3) is 0 Å². The van der Waals surface area contributed by atoms with Crippen molar-refractivity contribution in [2.45, 2.75) is 65.5 Å². The van der Waals surface area contributed by atoms with Gasteiger partial charge in [0.1, 0.15) is 0 Å². The molecule has 0 aromatic heterocycles. The van der Waals surface area contributed by atoms with Crippen LogP contribution >= 0.6 is 0 Å². The molecular formula is C17H34N2O. The standard InChI is InChI=1S/C17H34N2O/c1-5-15-12-19(8-9-20-15)11-13-10-14(17(2,3)4)6-7-16(13)18/h13-16H,5-12,18H2,1-4H3. The Balaban J connectivity index is 1.89. The van der Waals surface area contributed by atoms with Crippen LogP contribution in [0.5, 0.6) is 0 Å². The van der Waals surface area contributed by atoms with Crippen LogP contribution in [0.1, 0.15) is 53.4 Å². The predicted octanol–water partition coefficient (Wildman–Crippen LogP) is 2.89. The molecule has 2 aliphatic rings. The lowest BCUT2D eigenvalue weighted by Gasteiger charge is -2.43. The molecule has 1 saturated carbocycles. The third kappa shape index (κ3) is 4.19. The summed E-state index contributed by atoms with van der Waals surface area (Å²) in [5, 5.41) is 0. The highest BCUT2D eigenvalue weighted by Crippen LogP contribution is 2.40. The van der Waals surface area contributed by atoms with E-state index in [2.05, 4.69) is 32.6 Å². The van der Waals surface area contributed by atoms with Crippen molar-refractivity contribution in [3.8, 4) is 0 Å². The molecule has 3 nitrogen and oxygen atoms in total. The Kier molecular flexibility index (Phi) is 5.49. The van der Waals surface area contributed by atoms with Crippen molar-refractivity contribution in [2.75, 3.05) is 26.2 Å². The molecule has 0 radical (unpaired) electrons. The van der Waals surface area contributed by atoms with Crippen molar-refractivity contribution >= 4 is 0 Å². The van der Waals surface area contributed by atoms with E-state index in [0.29, 0.717) is 23.5 Å². The number of morpholine rings is 1. The van der Waals surface area contributed by atoms with Crippen LogP contribution in [0.3, 0.4) is 0 Å². The third-order valence-corrected chi connectivity index (χ3v) is 5.44. The van der Waals surface area contributed by atoms with Gasteiger partial charge in [-0.3, -0.25) is 4.90 Å². The summed E-state index contributed by atoms with van der Waals surface area (Å²) in [6, 6.07) is 0.400. The molecule has 0 bridgehead atoms. The first-order valence-electron chi connectivity index (χ1n) is 8.49. The molecule has 0 amide bonds. The van der Waals surface area contributed by atoms with Crippen LogP contribution in [0.15, 0.2) is 0 Å². The van der Waals surface area contributed by atoms with Gasteiger partial charge in [-0.1, -0.05) is 27.7 Å². The van der Waals surface area contributed by atoms with Crippen LogP contribution < -0.4 is 5.73 Å². The lowest BCUT2D eigenvalue weighted by atomic mass is 9.67. The van der Waals surface area contributed by atoms with Gasteiger partial charge in [0.05, 0.1) is 12.7 Å². The molecule has 0 aromatic rings. The van der Waals surface area contributed by atoms with Crippen molar-refractivity contribution in [2.24, 2.45) is 23.0 Å². The molecule has 1 aliphatic heterocycles. The maximum Gasteiger partial charge on any atom is 0.0700 e. The molecule has 2 fully saturated rings. The summed E-state index contributed by atoms with van der Waals surface area (Å²) in [5.41, 5.74) is 6.84. The molecule has 3 heteroatoms. The van der Waals surface area contributed by atoms with E-state index < -0.39 is 0 Å². The molecule has 0 aromatic carbocycles. The number of rotatable bonds is 3. The van der Waals surface area contributed by atoms with Crippen LogP contribution in [0.4, 0.5) is 0 Å². The van der Waals surface area contributed by atoms with Gasteiger partial charge in [0.25, 0.3) is 0 Å². The fraction of sp³-hybridized carbons (Fsp3) is 1.00. The molecule has 118 valence electrons. The Hall–Kier alpha value is -0.120. The van der Waals surface area contributed by atoms with Crippen LogP contribution in [-0.2, 0) is 4.74 Å². The van der Waals surface area contributed by atoms with E-state index in [-0.39, 0.29) is 0 Å². The molecule has 1 saturated heterocycles. The van der Waals surface area contributed by atoms with Gasteiger partial charge in [-0.2, -0.15) is 0 Å². The summed E-state index contributed by atoms with van der Waals surface area (Å²) in [4.78, 5) is 2.59. The molecule has 2 N–H and O–H groups in total. The first-order chi connectivity index (χ1) is 9.40. The maximum atomic E-state index is 6.41. The molecule has 20 heavy (non-hydrogen) atoms. The minimum atomic E-state index is 0.400. The summed E-state index contributed by atoms with van der Waals surface area (Å²) in [6.07, 6.45) is 5.37. The van der Waals surface area contributed by atoms with Crippen LogP contribution in [0, 0.1) is 17.3 Å². The van der Waals surface area contributed by atoms with Gasteiger partial charge in [0.15, 0.2) is 0 Å². The highest BCUT2D eigenvalue weighted by atomic mass is 16.5. The van der Waals surface area contributed by atoms with Crippen LogP contribution in [-0.4, -0.2) is 43.3 Å². The van der Waals surface area contributed by atoms with Crippen molar-refractivity contribution in [1.29, 1.82) is 0 Å². The number of ether oxygens (including phenoxy) is 1. The first kappa shape index (κ1) is 16.3. The largest absolute Gasteiger partial charge is 0.376 e. The summed E-state index contributed by atoms with van der Waals surface area (Å²) in [6.45, 7) is 13.6. The van der Waals surface area contributed by atoms with E-state index in [4.69, 9.17) is 10.5 Å². The van der Waals surface area contributed by atoms with E-state index >= 15 is 0 Å². The van der Waals surface area contributed by atoms with Crippen LogP contribution in [0.2, 0.25) is 0 Å². The zero-order valence-electron chi connectivity index (χ0n) is 13.9. The minimum Gasteiger partial charge on any atom is -0.376 e. The molecule has 2 rings (SSSR count). The molecule has 4 atom stereocenters. The smallest absolute Gasteiger partial charge is 0.0700 e. The van der Waals surface area contributed by atoms with Crippen molar-refractivity contribution in [3.05, 3.63) is 0 Å². The van der Waals surface area contributed by atoms with E-state index in [9.17, 15) is 0 Å². The summed E-state index contributed by atoms with van der Waals surface area (Å²) >= 11 is 0.